The summed E-state index contributed by atoms with van der Waals surface area (Å²) in [6.07, 6.45) is 1.78. The highest BCUT2D eigenvalue weighted by Gasteiger charge is 2.13. The Kier molecular flexibility index (Phi) is 2.22. The normalized spacial score (nSPS) is 14.1. The van der Waals surface area contributed by atoms with Crippen LogP contribution in [-0.4, -0.2) is 14.8 Å². The van der Waals surface area contributed by atoms with E-state index in [0.29, 0.717) is 0 Å². The maximum atomic E-state index is 4.18. The Labute approximate surface area is 94.3 Å². The van der Waals surface area contributed by atoms with E-state index >= 15 is 0 Å². The second-order valence-corrected chi connectivity index (χ2v) is 4.03. The van der Waals surface area contributed by atoms with Gasteiger partial charge in [0.1, 0.15) is 6.33 Å². The van der Waals surface area contributed by atoms with Crippen LogP contribution in [0, 0.1) is 0 Å². The van der Waals surface area contributed by atoms with Crippen molar-refractivity contribution in [2.45, 2.75) is 26.6 Å². The summed E-state index contributed by atoms with van der Waals surface area (Å²) >= 11 is 0. The maximum Gasteiger partial charge on any atom is 0.163 e. The summed E-state index contributed by atoms with van der Waals surface area (Å²) in [5.41, 5.74) is 3.93. The molecule has 1 aromatic carbocycles. The van der Waals surface area contributed by atoms with Gasteiger partial charge in [-0.1, -0.05) is 12.1 Å². The first kappa shape index (κ1) is 9.54. The molecule has 16 heavy (non-hydrogen) atoms. The molecule has 0 radical (unpaired) electrons. The number of hydrogen-bond donors (Lipinski definition) is 1. The molecule has 0 unspecified atom stereocenters. The third kappa shape index (κ3) is 1.42. The van der Waals surface area contributed by atoms with Gasteiger partial charge in [-0.05, 0) is 24.1 Å². The van der Waals surface area contributed by atoms with E-state index in [1.54, 1.807) is 6.33 Å². The Balaban J connectivity index is 2.07. The van der Waals surface area contributed by atoms with E-state index in [1.165, 1.54) is 11.1 Å². The molecular formula is C12H14N4. The smallest absolute Gasteiger partial charge is 0.163 e. The summed E-state index contributed by atoms with van der Waals surface area (Å²) in [4.78, 5) is 0. The van der Waals surface area contributed by atoms with E-state index in [9.17, 15) is 0 Å². The van der Waals surface area contributed by atoms with Crippen molar-refractivity contribution in [3.63, 3.8) is 0 Å². The molecular weight excluding hydrogens is 200 g/mol. The topological polar surface area (TPSA) is 42.7 Å². The van der Waals surface area contributed by atoms with Gasteiger partial charge in [0.15, 0.2) is 5.82 Å². The van der Waals surface area contributed by atoms with Crippen molar-refractivity contribution < 1.29 is 0 Å². The quantitative estimate of drug-likeness (QED) is 0.825. The molecule has 0 saturated heterocycles. The van der Waals surface area contributed by atoms with Gasteiger partial charge in [0, 0.05) is 25.2 Å². The monoisotopic (exact) mass is 214 g/mol. The van der Waals surface area contributed by atoms with Crippen molar-refractivity contribution in [1.29, 1.82) is 0 Å². The number of nitrogens with one attached hydrogen (secondary N) is 1. The van der Waals surface area contributed by atoms with Crippen LogP contribution >= 0.6 is 0 Å². The molecule has 1 aliphatic heterocycles. The first-order valence-electron chi connectivity index (χ1n) is 5.59. The summed E-state index contributed by atoms with van der Waals surface area (Å²) in [5, 5.41) is 11.5. The summed E-state index contributed by atoms with van der Waals surface area (Å²) < 4.78 is 2.06. The molecule has 0 atom stereocenters. The lowest BCUT2D eigenvalue weighted by Gasteiger charge is -2.05. The average molecular weight is 214 g/mol. The number of aromatic nitrogens is 3. The first-order valence-corrected chi connectivity index (χ1v) is 5.59. The van der Waals surface area contributed by atoms with Crippen LogP contribution < -0.4 is 5.32 Å². The van der Waals surface area contributed by atoms with E-state index in [0.717, 1.165) is 31.0 Å². The molecule has 2 heterocycles. The third-order valence-corrected chi connectivity index (χ3v) is 3.05. The molecule has 0 spiro atoms. The van der Waals surface area contributed by atoms with E-state index in [1.807, 2.05) is 0 Å². The molecule has 1 aromatic heterocycles. The van der Waals surface area contributed by atoms with Crippen LogP contribution in [-0.2, 0) is 19.6 Å². The van der Waals surface area contributed by atoms with Gasteiger partial charge in [-0.15, -0.1) is 10.2 Å². The van der Waals surface area contributed by atoms with Crippen LogP contribution in [0.5, 0.6) is 0 Å². The molecule has 82 valence electrons. The van der Waals surface area contributed by atoms with Gasteiger partial charge in [0.2, 0.25) is 0 Å². The highest BCUT2D eigenvalue weighted by atomic mass is 15.3. The maximum absolute atomic E-state index is 4.18. The Morgan fingerprint density at radius 2 is 2.19 bits per heavy atom. The highest BCUT2D eigenvalue weighted by Crippen LogP contribution is 2.23. The lowest BCUT2D eigenvalue weighted by atomic mass is 10.1. The molecule has 0 aliphatic carbocycles. The zero-order chi connectivity index (χ0) is 11.0. The van der Waals surface area contributed by atoms with Crippen LogP contribution in [0.1, 0.15) is 18.1 Å². The minimum absolute atomic E-state index is 0.900. The second-order valence-electron chi connectivity index (χ2n) is 4.03. The Hall–Kier alpha value is -1.68. The molecule has 1 N–H and O–H groups in total. The molecule has 3 rings (SSSR count). The summed E-state index contributed by atoms with van der Waals surface area (Å²) in [5.74, 6) is 0.956. The van der Waals surface area contributed by atoms with Crippen molar-refractivity contribution in [3.05, 3.63) is 35.7 Å². The molecule has 4 nitrogen and oxygen atoms in total. The van der Waals surface area contributed by atoms with Crippen molar-refractivity contribution in [3.8, 4) is 11.4 Å². The number of benzene rings is 1. The molecule has 0 amide bonds. The minimum Gasteiger partial charge on any atom is -0.314 e. The predicted octanol–water partition coefficient (Wildman–Crippen LogP) is 1.57. The van der Waals surface area contributed by atoms with Gasteiger partial charge in [-0.3, -0.25) is 0 Å². The van der Waals surface area contributed by atoms with E-state index in [2.05, 4.69) is 45.2 Å². The predicted molar refractivity (Wildman–Crippen MR) is 61.7 cm³/mol. The molecule has 0 fully saturated rings. The third-order valence-electron chi connectivity index (χ3n) is 3.05. The second kappa shape index (κ2) is 3.72. The standard InChI is InChI=1S/C12H14N4/c1-2-16-8-14-15-12(16)9-3-4-10-6-13-7-11(10)5-9/h3-5,8,13H,2,6-7H2,1H3. The van der Waals surface area contributed by atoms with Crippen LogP contribution in [0.2, 0.25) is 0 Å². The van der Waals surface area contributed by atoms with Crippen molar-refractivity contribution in [1.82, 2.24) is 20.1 Å². The summed E-state index contributed by atoms with van der Waals surface area (Å²) in [6, 6.07) is 6.52. The zero-order valence-corrected chi connectivity index (χ0v) is 9.27. The Bertz CT molecular complexity index is 515. The van der Waals surface area contributed by atoms with E-state index in [4.69, 9.17) is 0 Å². The van der Waals surface area contributed by atoms with Gasteiger partial charge in [0.05, 0.1) is 0 Å². The minimum atomic E-state index is 0.900. The van der Waals surface area contributed by atoms with Crippen molar-refractivity contribution in [2.24, 2.45) is 0 Å². The number of fused-ring (bicyclic) bond motifs is 1. The SMILES string of the molecule is CCn1cnnc1-c1ccc2c(c1)CNC2. The van der Waals surface area contributed by atoms with Crippen molar-refractivity contribution >= 4 is 0 Å². The van der Waals surface area contributed by atoms with Crippen molar-refractivity contribution in [2.75, 3.05) is 0 Å². The first-order chi connectivity index (χ1) is 7.88. The summed E-state index contributed by atoms with van der Waals surface area (Å²) in [6.45, 7) is 4.94. The van der Waals surface area contributed by atoms with Crippen LogP contribution in [0.3, 0.4) is 0 Å². The van der Waals surface area contributed by atoms with Gasteiger partial charge in [0.25, 0.3) is 0 Å². The fourth-order valence-corrected chi connectivity index (χ4v) is 2.14. The number of aryl methyl sites for hydroxylation is 1. The van der Waals surface area contributed by atoms with Gasteiger partial charge in [-0.25, -0.2) is 0 Å². The molecule has 1 aliphatic rings. The van der Waals surface area contributed by atoms with E-state index < -0.39 is 0 Å². The summed E-state index contributed by atoms with van der Waals surface area (Å²) in [7, 11) is 0. The van der Waals surface area contributed by atoms with Crippen LogP contribution in [0.15, 0.2) is 24.5 Å². The Morgan fingerprint density at radius 1 is 1.31 bits per heavy atom. The number of hydrogen-bond acceptors (Lipinski definition) is 3. The molecule has 0 bridgehead atoms. The lowest BCUT2D eigenvalue weighted by molar-refractivity contribution is 0.763. The zero-order valence-electron chi connectivity index (χ0n) is 9.27. The van der Waals surface area contributed by atoms with E-state index in [-0.39, 0.29) is 0 Å². The fraction of sp³-hybridized carbons (Fsp3) is 0.333. The van der Waals surface area contributed by atoms with Gasteiger partial charge in [-0.2, -0.15) is 0 Å². The van der Waals surface area contributed by atoms with Crippen LogP contribution in [0.25, 0.3) is 11.4 Å². The fourth-order valence-electron chi connectivity index (χ4n) is 2.14. The Morgan fingerprint density at radius 3 is 3.06 bits per heavy atom. The molecule has 4 heteroatoms. The number of rotatable bonds is 2. The molecule has 0 saturated carbocycles. The lowest BCUT2D eigenvalue weighted by Crippen LogP contribution is -2.00. The number of nitrogens with zero attached hydrogens (tertiary/aromatic N) is 3. The largest absolute Gasteiger partial charge is 0.314 e. The van der Waals surface area contributed by atoms with Gasteiger partial charge < -0.3 is 9.88 Å². The molecule has 2 aromatic rings. The highest BCUT2D eigenvalue weighted by molar-refractivity contribution is 5.58. The average Bonchev–Trinajstić information content (AvgIpc) is 2.96. The van der Waals surface area contributed by atoms with Crippen LogP contribution in [0.4, 0.5) is 0 Å². The van der Waals surface area contributed by atoms with Gasteiger partial charge >= 0.3 is 0 Å².